The van der Waals surface area contributed by atoms with Crippen LogP contribution in [0, 0.1) is 5.92 Å². The highest BCUT2D eigenvalue weighted by molar-refractivity contribution is 9.14. The molecule has 2 nitrogen and oxygen atoms in total. The number of halogens is 4. The molecule has 0 bridgehead atoms. The summed E-state index contributed by atoms with van der Waals surface area (Å²) in [7, 11) is 0. The number of rotatable bonds is 7. The third-order valence-electron chi connectivity index (χ3n) is 3.31. The van der Waals surface area contributed by atoms with Gasteiger partial charge in [-0.1, -0.05) is 33.1 Å². The van der Waals surface area contributed by atoms with E-state index in [1.165, 1.54) is 12.8 Å². The number of benzene rings is 1. The smallest absolute Gasteiger partial charge is 0.340 e. The molecular formula is C15H18Br4O2. The van der Waals surface area contributed by atoms with Gasteiger partial charge in [-0.3, -0.25) is 0 Å². The summed E-state index contributed by atoms with van der Waals surface area (Å²) in [5.41, 5.74) is 0.501. The zero-order valence-corrected chi connectivity index (χ0v) is 18.4. The molecule has 1 aromatic rings. The topological polar surface area (TPSA) is 26.3 Å². The summed E-state index contributed by atoms with van der Waals surface area (Å²) in [6.45, 7) is 4.78. The van der Waals surface area contributed by atoms with E-state index in [0.717, 1.165) is 21.8 Å². The van der Waals surface area contributed by atoms with Crippen molar-refractivity contribution in [3.05, 3.63) is 29.5 Å². The largest absolute Gasteiger partial charge is 0.462 e. The Balaban J connectivity index is 2.81. The molecule has 0 aliphatic carbocycles. The van der Waals surface area contributed by atoms with Crippen molar-refractivity contribution in [1.29, 1.82) is 0 Å². The summed E-state index contributed by atoms with van der Waals surface area (Å²) < 4.78 is 8.52. The summed E-state index contributed by atoms with van der Waals surface area (Å²) in [6, 6.07) is 1.88. The Kier molecular flexibility index (Phi) is 9.06. The van der Waals surface area contributed by atoms with Crippen molar-refractivity contribution in [3.8, 4) is 0 Å². The van der Waals surface area contributed by atoms with E-state index in [0.29, 0.717) is 27.0 Å². The highest BCUT2D eigenvalue weighted by Crippen LogP contribution is 2.38. The first-order chi connectivity index (χ1) is 9.92. The van der Waals surface area contributed by atoms with Crippen LogP contribution in [0.2, 0.25) is 0 Å². The van der Waals surface area contributed by atoms with Crippen LogP contribution in [0.1, 0.15) is 49.9 Å². The summed E-state index contributed by atoms with van der Waals surface area (Å²) >= 11 is 13.7. The number of carbonyl (C=O) groups is 1. The molecular weight excluding hydrogens is 532 g/mol. The van der Waals surface area contributed by atoms with Gasteiger partial charge in [0.15, 0.2) is 0 Å². The molecule has 0 N–H and O–H groups in total. The Morgan fingerprint density at radius 2 is 1.71 bits per heavy atom. The number of hydrogen-bond acceptors (Lipinski definition) is 2. The summed E-state index contributed by atoms with van der Waals surface area (Å²) in [5.74, 6) is 0.118. The van der Waals surface area contributed by atoms with Gasteiger partial charge in [0.05, 0.1) is 12.2 Å². The second-order valence-corrected chi connectivity index (χ2v) is 8.15. The summed E-state index contributed by atoms with van der Waals surface area (Å²) in [6.07, 6.45) is 4.47. The van der Waals surface area contributed by atoms with Crippen LogP contribution in [0.25, 0.3) is 0 Å². The van der Waals surface area contributed by atoms with Gasteiger partial charge in [0, 0.05) is 17.9 Å². The number of unbranched alkanes of at least 4 members (excludes halogenated alkanes) is 1. The van der Waals surface area contributed by atoms with Crippen molar-refractivity contribution >= 4 is 69.7 Å². The van der Waals surface area contributed by atoms with Crippen LogP contribution in [-0.2, 0) is 4.74 Å². The standard InChI is InChI=1S/C15H18Br4O2/c1-3-5-6-9(4-2)8-21-15(20)12-13(18)10(16)7-11(17)14(12)19/h7,9H,3-6,8H2,1-2H3. The lowest BCUT2D eigenvalue weighted by Gasteiger charge is -2.16. The summed E-state index contributed by atoms with van der Waals surface area (Å²) in [4.78, 5) is 12.4. The van der Waals surface area contributed by atoms with E-state index in [9.17, 15) is 4.79 Å². The molecule has 0 aromatic heterocycles. The molecule has 0 heterocycles. The van der Waals surface area contributed by atoms with Gasteiger partial charge in [0.25, 0.3) is 0 Å². The van der Waals surface area contributed by atoms with E-state index in [1.807, 2.05) is 6.07 Å². The van der Waals surface area contributed by atoms with Crippen LogP contribution >= 0.6 is 63.7 Å². The van der Waals surface area contributed by atoms with Gasteiger partial charge in [-0.25, -0.2) is 4.79 Å². The van der Waals surface area contributed by atoms with Gasteiger partial charge in [0.2, 0.25) is 0 Å². The van der Waals surface area contributed by atoms with Crippen molar-refractivity contribution in [2.75, 3.05) is 6.61 Å². The van der Waals surface area contributed by atoms with Crippen LogP contribution < -0.4 is 0 Å². The van der Waals surface area contributed by atoms with Gasteiger partial charge >= 0.3 is 5.97 Å². The Hall–Kier alpha value is 0.610. The van der Waals surface area contributed by atoms with Crippen molar-refractivity contribution in [1.82, 2.24) is 0 Å². The minimum Gasteiger partial charge on any atom is -0.462 e. The molecule has 1 rings (SSSR count). The van der Waals surface area contributed by atoms with Crippen LogP contribution in [0.15, 0.2) is 24.0 Å². The quantitative estimate of drug-likeness (QED) is 0.268. The minimum atomic E-state index is -0.314. The molecule has 0 fully saturated rings. The van der Waals surface area contributed by atoms with E-state index >= 15 is 0 Å². The normalized spacial score (nSPS) is 12.3. The molecule has 0 saturated heterocycles. The molecule has 0 radical (unpaired) electrons. The number of esters is 1. The molecule has 0 saturated carbocycles. The van der Waals surface area contributed by atoms with Gasteiger partial charge in [-0.05, 0) is 82.1 Å². The second-order valence-electron chi connectivity index (χ2n) is 4.86. The highest BCUT2D eigenvalue weighted by Gasteiger charge is 2.21. The maximum absolute atomic E-state index is 12.4. The Labute approximate surface area is 159 Å². The minimum absolute atomic E-state index is 0.314. The molecule has 0 aliphatic heterocycles. The molecule has 6 heteroatoms. The lowest BCUT2D eigenvalue weighted by molar-refractivity contribution is 0.0426. The van der Waals surface area contributed by atoms with E-state index in [2.05, 4.69) is 77.6 Å². The van der Waals surface area contributed by atoms with Crippen molar-refractivity contribution in [2.45, 2.75) is 39.5 Å². The lowest BCUT2D eigenvalue weighted by Crippen LogP contribution is -2.15. The highest BCUT2D eigenvalue weighted by atomic mass is 79.9. The number of carbonyl (C=O) groups excluding carboxylic acids is 1. The maximum atomic E-state index is 12.4. The van der Waals surface area contributed by atoms with Crippen molar-refractivity contribution in [2.24, 2.45) is 5.92 Å². The Morgan fingerprint density at radius 1 is 1.14 bits per heavy atom. The first-order valence-electron chi connectivity index (χ1n) is 6.92. The third-order valence-corrected chi connectivity index (χ3v) is 7.27. The molecule has 1 atom stereocenters. The first-order valence-corrected chi connectivity index (χ1v) is 10.1. The van der Waals surface area contributed by atoms with E-state index < -0.39 is 0 Å². The average molecular weight is 550 g/mol. The van der Waals surface area contributed by atoms with Crippen molar-refractivity contribution in [3.63, 3.8) is 0 Å². The average Bonchev–Trinajstić information content (AvgIpc) is 2.45. The second kappa shape index (κ2) is 9.68. The fraction of sp³-hybridized carbons (Fsp3) is 0.533. The van der Waals surface area contributed by atoms with Crippen LogP contribution in [-0.4, -0.2) is 12.6 Å². The zero-order valence-electron chi connectivity index (χ0n) is 12.0. The van der Waals surface area contributed by atoms with Crippen molar-refractivity contribution < 1.29 is 9.53 Å². The number of ether oxygens (including phenoxy) is 1. The van der Waals surface area contributed by atoms with E-state index in [4.69, 9.17) is 4.74 Å². The molecule has 1 unspecified atom stereocenters. The Morgan fingerprint density at radius 3 is 2.19 bits per heavy atom. The van der Waals surface area contributed by atoms with Crippen LogP contribution in [0.3, 0.4) is 0 Å². The first kappa shape index (κ1) is 19.7. The van der Waals surface area contributed by atoms with Crippen LogP contribution in [0.4, 0.5) is 0 Å². The molecule has 21 heavy (non-hydrogen) atoms. The van der Waals surface area contributed by atoms with E-state index in [-0.39, 0.29) is 5.97 Å². The Bertz CT molecular complexity index is 477. The SMILES string of the molecule is CCCCC(CC)COC(=O)c1c(Br)c(Br)cc(Br)c1Br. The monoisotopic (exact) mass is 546 g/mol. The molecule has 118 valence electrons. The molecule has 0 spiro atoms. The predicted octanol–water partition coefficient (Wildman–Crippen LogP) is 7.11. The molecule has 0 aliphatic rings. The predicted molar refractivity (Wildman–Crippen MR) is 101 cm³/mol. The zero-order chi connectivity index (χ0) is 16.0. The van der Waals surface area contributed by atoms with E-state index in [1.54, 1.807) is 0 Å². The molecule has 0 amide bonds. The fourth-order valence-electron chi connectivity index (χ4n) is 1.92. The van der Waals surface area contributed by atoms with Gasteiger partial charge in [-0.15, -0.1) is 0 Å². The maximum Gasteiger partial charge on any atom is 0.340 e. The third kappa shape index (κ3) is 5.63. The van der Waals surface area contributed by atoms with Gasteiger partial charge in [0.1, 0.15) is 0 Å². The van der Waals surface area contributed by atoms with Gasteiger partial charge < -0.3 is 4.74 Å². The molecule has 1 aromatic carbocycles. The summed E-state index contributed by atoms with van der Waals surface area (Å²) in [5, 5.41) is 0. The fourth-order valence-corrected chi connectivity index (χ4v) is 4.29. The van der Waals surface area contributed by atoms with Crippen LogP contribution in [0.5, 0.6) is 0 Å². The van der Waals surface area contributed by atoms with Gasteiger partial charge in [-0.2, -0.15) is 0 Å². The number of hydrogen-bond donors (Lipinski definition) is 0. The lowest BCUT2D eigenvalue weighted by atomic mass is 10.0.